The van der Waals surface area contributed by atoms with Crippen molar-refractivity contribution in [1.82, 2.24) is 14.9 Å². The highest BCUT2D eigenvalue weighted by atomic mass is 16.3. The Morgan fingerprint density at radius 3 is 2.86 bits per heavy atom. The van der Waals surface area contributed by atoms with Crippen LogP contribution in [0.15, 0.2) is 23.0 Å². The van der Waals surface area contributed by atoms with Gasteiger partial charge in [0.15, 0.2) is 0 Å². The summed E-state index contributed by atoms with van der Waals surface area (Å²) in [4.78, 5) is 15.3. The molecule has 3 aromatic rings. The zero-order chi connectivity index (χ0) is 19.8. The smallest absolute Gasteiger partial charge is 0.255 e. The molecule has 28 heavy (non-hydrogen) atoms. The molecule has 0 amide bonds. The van der Waals surface area contributed by atoms with E-state index >= 15 is 0 Å². The molecule has 2 aromatic heterocycles. The number of rotatable bonds is 5. The fourth-order valence-corrected chi connectivity index (χ4v) is 4.28. The average Bonchev–Trinajstić information content (AvgIpc) is 2.87. The van der Waals surface area contributed by atoms with Gasteiger partial charge in [0.05, 0.1) is 11.3 Å². The van der Waals surface area contributed by atoms with Gasteiger partial charge in [-0.3, -0.25) is 4.79 Å². The van der Waals surface area contributed by atoms with E-state index < -0.39 is 0 Å². The number of hydrogen-bond acceptors (Lipinski definition) is 3. The summed E-state index contributed by atoms with van der Waals surface area (Å²) in [6.45, 7) is 5.76. The number of unbranched alkanes of at least 4 members (excludes halogenated alkanes) is 1. The van der Waals surface area contributed by atoms with E-state index in [1.165, 1.54) is 35.0 Å². The fourth-order valence-electron chi connectivity index (χ4n) is 4.28. The molecule has 2 heterocycles. The number of aryl methyl sites for hydroxylation is 2. The minimum absolute atomic E-state index is 0.153. The molecule has 5 heteroatoms. The molecule has 0 spiro atoms. The molecule has 0 saturated heterocycles. The summed E-state index contributed by atoms with van der Waals surface area (Å²) in [6.07, 6.45) is 5.05. The maximum atomic E-state index is 12.3. The quantitative estimate of drug-likeness (QED) is 0.588. The van der Waals surface area contributed by atoms with Gasteiger partial charge in [-0.05, 0) is 62.9 Å². The van der Waals surface area contributed by atoms with Crippen molar-refractivity contribution in [2.75, 3.05) is 6.54 Å². The lowest BCUT2D eigenvalue weighted by atomic mass is 9.98. The van der Waals surface area contributed by atoms with Crippen LogP contribution >= 0.6 is 0 Å². The summed E-state index contributed by atoms with van der Waals surface area (Å²) in [5, 5.41) is 15.2. The summed E-state index contributed by atoms with van der Waals surface area (Å²) in [7, 11) is 2.12. The van der Waals surface area contributed by atoms with Crippen LogP contribution in [0.1, 0.15) is 48.6 Å². The highest BCUT2D eigenvalue weighted by Crippen LogP contribution is 2.38. The Labute approximate surface area is 165 Å². The van der Waals surface area contributed by atoms with E-state index in [1.807, 2.05) is 0 Å². The molecule has 0 aliphatic heterocycles. The maximum Gasteiger partial charge on any atom is 0.255 e. The van der Waals surface area contributed by atoms with Gasteiger partial charge in [-0.1, -0.05) is 13.3 Å². The predicted octanol–water partition coefficient (Wildman–Crippen LogP) is 3.93. The zero-order valence-corrected chi connectivity index (χ0v) is 17.0. The fraction of sp³-hybridized carbons (Fsp3) is 0.435. The molecule has 5 nitrogen and oxygen atoms in total. The van der Waals surface area contributed by atoms with Crippen LogP contribution in [-0.4, -0.2) is 21.2 Å². The number of nitrogens with zero attached hydrogens (tertiary/aromatic N) is 1. The van der Waals surface area contributed by atoms with Gasteiger partial charge in [-0.25, -0.2) is 0 Å². The Kier molecular flexibility index (Phi) is 5.02. The Morgan fingerprint density at radius 1 is 1.25 bits per heavy atom. The molecule has 0 fully saturated rings. The Balaban J connectivity index is 1.81. The third kappa shape index (κ3) is 3.14. The first-order valence-corrected chi connectivity index (χ1v) is 10.3. The maximum absolute atomic E-state index is 12.3. The molecule has 4 rings (SSSR count). The molecule has 0 saturated carbocycles. The summed E-state index contributed by atoms with van der Waals surface area (Å²) in [6, 6.07) is 6.66. The van der Waals surface area contributed by atoms with Crippen molar-refractivity contribution < 1.29 is 5.11 Å². The van der Waals surface area contributed by atoms with Crippen molar-refractivity contribution in [2.24, 2.45) is 7.05 Å². The third-order valence-corrected chi connectivity index (χ3v) is 6.04. The number of aromatic amines is 1. The molecule has 0 unspecified atom stereocenters. The van der Waals surface area contributed by atoms with Crippen LogP contribution in [0.25, 0.3) is 22.2 Å². The second kappa shape index (κ2) is 7.47. The highest BCUT2D eigenvalue weighted by Gasteiger charge is 2.22. The number of aromatic hydroxyl groups is 1. The van der Waals surface area contributed by atoms with Gasteiger partial charge >= 0.3 is 0 Å². The van der Waals surface area contributed by atoms with Crippen LogP contribution < -0.4 is 10.9 Å². The standard InChI is InChI=1S/C23H29N3O2/c1-4-5-9-24-13-17-10-16-11-19-15(12-20(16)26(17)3)7-6-8-18-21(19)25-23(28)14(2)22(18)27/h10-12,24H,4-9,13H2,1-3H3,(H2,25,27,28). The summed E-state index contributed by atoms with van der Waals surface area (Å²) in [5.74, 6) is 0.153. The third-order valence-electron chi connectivity index (χ3n) is 6.04. The monoisotopic (exact) mass is 379 g/mol. The molecule has 0 radical (unpaired) electrons. The lowest BCUT2D eigenvalue weighted by Gasteiger charge is -2.13. The number of nitrogens with one attached hydrogen (secondary N) is 2. The lowest BCUT2D eigenvalue weighted by Crippen LogP contribution is -2.16. The molecule has 1 aromatic carbocycles. The van der Waals surface area contributed by atoms with Crippen LogP contribution in [0.5, 0.6) is 5.75 Å². The van der Waals surface area contributed by atoms with Gasteiger partial charge in [0.1, 0.15) is 5.75 Å². The highest BCUT2D eigenvalue weighted by molar-refractivity contribution is 5.89. The first kappa shape index (κ1) is 18.8. The number of pyridine rings is 1. The van der Waals surface area contributed by atoms with Crippen LogP contribution in [0, 0.1) is 6.92 Å². The normalized spacial score (nSPS) is 13.4. The molecule has 1 aliphatic rings. The molecule has 148 valence electrons. The van der Waals surface area contributed by atoms with E-state index in [-0.39, 0.29) is 11.3 Å². The van der Waals surface area contributed by atoms with Crippen LogP contribution in [0.4, 0.5) is 0 Å². The van der Waals surface area contributed by atoms with Gasteiger partial charge in [0.2, 0.25) is 0 Å². The summed E-state index contributed by atoms with van der Waals surface area (Å²) in [5.41, 5.74) is 6.60. The molecular formula is C23H29N3O2. The first-order chi connectivity index (χ1) is 13.5. The van der Waals surface area contributed by atoms with Crippen LogP contribution in [0.3, 0.4) is 0 Å². The van der Waals surface area contributed by atoms with E-state index in [1.54, 1.807) is 6.92 Å². The van der Waals surface area contributed by atoms with Crippen molar-refractivity contribution in [2.45, 2.75) is 52.5 Å². The van der Waals surface area contributed by atoms with Crippen LogP contribution in [-0.2, 0) is 26.4 Å². The Morgan fingerprint density at radius 2 is 2.07 bits per heavy atom. The molecule has 0 atom stereocenters. The van der Waals surface area contributed by atoms with Crippen molar-refractivity contribution in [3.63, 3.8) is 0 Å². The first-order valence-electron chi connectivity index (χ1n) is 10.3. The predicted molar refractivity (Wildman–Crippen MR) is 114 cm³/mol. The van der Waals surface area contributed by atoms with Crippen molar-refractivity contribution in [3.05, 3.63) is 50.9 Å². The van der Waals surface area contributed by atoms with E-state index in [4.69, 9.17) is 0 Å². The topological polar surface area (TPSA) is 70.0 Å². The van der Waals surface area contributed by atoms with Gasteiger partial charge in [-0.2, -0.15) is 0 Å². The van der Waals surface area contributed by atoms with Gasteiger partial charge in [-0.15, -0.1) is 0 Å². The van der Waals surface area contributed by atoms with Crippen molar-refractivity contribution in [1.29, 1.82) is 0 Å². The molecular weight excluding hydrogens is 350 g/mol. The van der Waals surface area contributed by atoms with E-state index in [0.29, 0.717) is 5.56 Å². The molecule has 0 bridgehead atoms. The average molecular weight is 380 g/mol. The van der Waals surface area contributed by atoms with Crippen molar-refractivity contribution >= 4 is 10.9 Å². The van der Waals surface area contributed by atoms with E-state index in [2.05, 4.69) is 47.0 Å². The Bertz CT molecular complexity index is 1090. The zero-order valence-electron chi connectivity index (χ0n) is 17.0. The van der Waals surface area contributed by atoms with Gasteiger partial charge in [0.25, 0.3) is 5.56 Å². The SMILES string of the molecule is CCCCNCc1cc2cc3c(cc2n1C)CCCc1c-3[nH]c(=O)c(C)c1O. The Hall–Kier alpha value is -2.53. The molecule has 1 aliphatic carbocycles. The van der Waals surface area contributed by atoms with E-state index in [9.17, 15) is 9.90 Å². The number of hydrogen-bond donors (Lipinski definition) is 3. The lowest BCUT2D eigenvalue weighted by molar-refractivity contribution is 0.461. The number of fused-ring (bicyclic) bond motifs is 4. The summed E-state index contributed by atoms with van der Waals surface area (Å²) < 4.78 is 2.26. The second-order valence-corrected chi connectivity index (χ2v) is 7.93. The van der Waals surface area contributed by atoms with E-state index in [0.717, 1.165) is 49.2 Å². The number of H-pyrrole nitrogens is 1. The van der Waals surface area contributed by atoms with Crippen LogP contribution in [0.2, 0.25) is 0 Å². The minimum Gasteiger partial charge on any atom is -0.507 e. The molecule has 3 N–H and O–H groups in total. The van der Waals surface area contributed by atoms with Crippen molar-refractivity contribution in [3.8, 4) is 17.0 Å². The minimum atomic E-state index is -0.210. The number of benzene rings is 1. The number of aromatic nitrogens is 2. The second-order valence-electron chi connectivity index (χ2n) is 7.93. The summed E-state index contributed by atoms with van der Waals surface area (Å²) >= 11 is 0. The van der Waals surface area contributed by atoms with Gasteiger partial charge in [0, 0.05) is 41.3 Å². The van der Waals surface area contributed by atoms with Gasteiger partial charge < -0.3 is 20.0 Å². The largest absolute Gasteiger partial charge is 0.507 e.